The molecule has 4 nitrogen and oxygen atoms in total. The molecule has 1 aromatic heterocycles. The minimum Gasteiger partial charge on any atom is -0.356 e. The second-order valence-corrected chi connectivity index (χ2v) is 6.15. The maximum atomic E-state index is 9.66. The van der Waals surface area contributed by atoms with Crippen LogP contribution in [0.15, 0.2) is 24.3 Å². The predicted molar refractivity (Wildman–Crippen MR) is 73.3 cm³/mol. The summed E-state index contributed by atoms with van der Waals surface area (Å²) in [5.74, 6) is 0. The number of fused-ring (bicyclic) bond motifs is 1. The molecule has 2 rings (SSSR count). The van der Waals surface area contributed by atoms with E-state index in [1.165, 1.54) is 0 Å². The molecule has 0 amide bonds. The van der Waals surface area contributed by atoms with Crippen molar-refractivity contribution < 1.29 is 9.84 Å². The number of nitrogens with zero attached hydrogens (tertiary/aromatic N) is 1. The van der Waals surface area contributed by atoms with E-state index in [4.69, 9.17) is 4.74 Å². The number of hydrogen-bond acceptors (Lipinski definition) is 5. The monoisotopic (exact) mass is 266 g/mol. The van der Waals surface area contributed by atoms with Crippen molar-refractivity contribution in [2.45, 2.75) is 39.3 Å². The van der Waals surface area contributed by atoms with E-state index < -0.39 is 6.41 Å². The van der Waals surface area contributed by atoms with Gasteiger partial charge in [-0.1, -0.05) is 12.1 Å². The molecule has 1 atom stereocenters. The Balaban J connectivity index is 1.94. The first-order valence-electron chi connectivity index (χ1n) is 5.88. The van der Waals surface area contributed by atoms with Gasteiger partial charge < -0.3 is 9.84 Å². The van der Waals surface area contributed by atoms with Crippen molar-refractivity contribution in [2.75, 3.05) is 0 Å². The average Bonchev–Trinajstić information content (AvgIpc) is 2.66. The van der Waals surface area contributed by atoms with Gasteiger partial charge >= 0.3 is 0 Å². The van der Waals surface area contributed by atoms with Crippen molar-refractivity contribution in [3.8, 4) is 0 Å². The number of nitrogens with one attached hydrogen (secondary N) is 1. The van der Waals surface area contributed by atoms with Crippen molar-refractivity contribution in [3.63, 3.8) is 0 Å². The molecular formula is C13H18N2O2S. The highest BCUT2D eigenvalue weighted by Gasteiger charge is 2.16. The zero-order chi connectivity index (χ0) is 13.2. The number of ether oxygens (including phenoxy) is 1. The smallest absolute Gasteiger partial charge is 0.214 e. The number of rotatable bonds is 4. The Morgan fingerprint density at radius 3 is 2.78 bits per heavy atom. The molecule has 1 heterocycles. The summed E-state index contributed by atoms with van der Waals surface area (Å²) in [5.41, 5.74) is 0.616. The van der Waals surface area contributed by atoms with Crippen LogP contribution in [0.25, 0.3) is 10.2 Å². The van der Waals surface area contributed by atoms with E-state index in [0.717, 1.165) is 15.2 Å². The Kier molecular flexibility index (Phi) is 3.97. The fourth-order valence-corrected chi connectivity index (χ4v) is 2.46. The minimum absolute atomic E-state index is 0.375. The molecule has 0 aliphatic carbocycles. The highest BCUT2D eigenvalue weighted by atomic mass is 32.1. The topological polar surface area (TPSA) is 54.4 Å². The second kappa shape index (κ2) is 5.32. The van der Waals surface area contributed by atoms with Crippen molar-refractivity contribution in [3.05, 3.63) is 29.3 Å². The van der Waals surface area contributed by atoms with Gasteiger partial charge in [-0.2, -0.15) is 0 Å². The zero-order valence-corrected chi connectivity index (χ0v) is 11.6. The van der Waals surface area contributed by atoms with Crippen LogP contribution in [0.5, 0.6) is 0 Å². The van der Waals surface area contributed by atoms with Crippen LogP contribution >= 0.6 is 11.3 Å². The normalized spacial score (nSPS) is 14.0. The summed E-state index contributed by atoms with van der Waals surface area (Å²) >= 11 is 1.62. The van der Waals surface area contributed by atoms with Crippen molar-refractivity contribution in [1.29, 1.82) is 0 Å². The number of aliphatic hydroxyl groups excluding tert-OH is 1. The van der Waals surface area contributed by atoms with Crippen LogP contribution < -0.4 is 5.32 Å². The van der Waals surface area contributed by atoms with E-state index in [1.54, 1.807) is 11.3 Å². The average molecular weight is 266 g/mol. The highest BCUT2D eigenvalue weighted by Crippen LogP contribution is 2.21. The molecule has 1 aromatic carbocycles. The maximum absolute atomic E-state index is 9.66. The second-order valence-electron chi connectivity index (χ2n) is 5.04. The van der Waals surface area contributed by atoms with Crippen LogP contribution in [0.4, 0.5) is 0 Å². The number of hydrogen-bond donors (Lipinski definition) is 2. The summed E-state index contributed by atoms with van der Waals surface area (Å²) in [5, 5.41) is 13.5. The fraction of sp³-hybridized carbons (Fsp3) is 0.462. The third kappa shape index (κ3) is 3.74. The Labute approximate surface area is 111 Å². The van der Waals surface area contributed by atoms with Crippen LogP contribution in [0.1, 0.15) is 25.8 Å². The van der Waals surface area contributed by atoms with Gasteiger partial charge in [0.2, 0.25) is 6.41 Å². The number of aromatic nitrogens is 1. The Morgan fingerprint density at radius 1 is 1.39 bits per heavy atom. The van der Waals surface area contributed by atoms with E-state index in [2.05, 4.69) is 10.3 Å². The standard InChI is InChI=1S/C13H18N2O2S/c1-13(2,3)17-12(16)14-8-11-15-9-6-4-5-7-10(9)18-11/h4-7,12,14,16H,8H2,1-3H3. The van der Waals surface area contributed by atoms with Crippen LogP contribution in [0.2, 0.25) is 0 Å². The van der Waals surface area contributed by atoms with Gasteiger partial charge in [0.25, 0.3) is 0 Å². The Morgan fingerprint density at radius 2 is 2.11 bits per heavy atom. The first-order chi connectivity index (χ1) is 8.44. The maximum Gasteiger partial charge on any atom is 0.214 e. The third-order valence-electron chi connectivity index (χ3n) is 2.23. The summed E-state index contributed by atoms with van der Waals surface area (Å²) < 4.78 is 6.51. The molecule has 2 aromatic rings. The van der Waals surface area contributed by atoms with Gasteiger partial charge in [0.1, 0.15) is 5.01 Å². The molecule has 18 heavy (non-hydrogen) atoms. The quantitative estimate of drug-likeness (QED) is 0.835. The molecule has 2 N–H and O–H groups in total. The molecule has 0 aliphatic heterocycles. The molecular weight excluding hydrogens is 248 g/mol. The van der Waals surface area contributed by atoms with E-state index in [-0.39, 0.29) is 5.60 Å². The largest absolute Gasteiger partial charge is 0.356 e. The van der Waals surface area contributed by atoms with Crippen molar-refractivity contribution in [1.82, 2.24) is 10.3 Å². The van der Waals surface area contributed by atoms with Gasteiger partial charge in [-0.15, -0.1) is 11.3 Å². The van der Waals surface area contributed by atoms with Crippen LogP contribution in [-0.4, -0.2) is 22.1 Å². The molecule has 5 heteroatoms. The van der Waals surface area contributed by atoms with Crippen LogP contribution in [-0.2, 0) is 11.3 Å². The van der Waals surface area contributed by atoms with Gasteiger partial charge in [0.05, 0.1) is 22.4 Å². The summed E-state index contributed by atoms with van der Waals surface area (Å²) in [6.45, 7) is 6.19. The van der Waals surface area contributed by atoms with E-state index in [0.29, 0.717) is 6.54 Å². The first kappa shape index (κ1) is 13.4. The minimum atomic E-state index is -0.975. The summed E-state index contributed by atoms with van der Waals surface area (Å²) in [6, 6.07) is 7.99. The molecule has 0 saturated heterocycles. The molecule has 0 aliphatic rings. The third-order valence-corrected chi connectivity index (χ3v) is 3.27. The van der Waals surface area contributed by atoms with E-state index in [1.807, 2.05) is 45.0 Å². The highest BCUT2D eigenvalue weighted by molar-refractivity contribution is 7.18. The Bertz CT molecular complexity index is 486. The number of para-hydroxylation sites is 1. The Hall–Kier alpha value is -1.01. The fourth-order valence-electron chi connectivity index (χ4n) is 1.55. The first-order valence-corrected chi connectivity index (χ1v) is 6.69. The summed E-state index contributed by atoms with van der Waals surface area (Å²) in [6.07, 6.45) is -0.975. The van der Waals surface area contributed by atoms with Gasteiger partial charge in [-0.3, -0.25) is 5.32 Å². The van der Waals surface area contributed by atoms with E-state index in [9.17, 15) is 5.11 Å². The lowest BCUT2D eigenvalue weighted by Gasteiger charge is -2.24. The van der Waals surface area contributed by atoms with Gasteiger partial charge in [0, 0.05) is 0 Å². The summed E-state index contributed by atoms with van der Waals surface area (Å²) in [4.78, 5) is 4.47. The molecule has 0 saturated carbocycles. The SMILES string of the molecule is CC(C)(C)OC(O)NCc1nc2ccccc2s1. The van der Waals surface area contributed by atoms with Crippen LogP contribution in [0, 0.1) is 0 Å². The lowest BCUT2D eigenvalue weighted by molar-refractivity contribution is -0.182. The number of aliphatic hydroxyl groups is 1. The molecule has 0 spiro atoms. The number of benzene rings is 1. The van der Waals surface area contributed by atoms with Gasteiger partial charge in [-0.05, 0) is 32.9 Å². The molecule has 0 radical (unpaired) electrons. The molecule has 0 bridgehead atoms. The van der Waals surface area contributed by atoms with Crippen molar-refractivity contribution in [2.24, 2.45) is 0 Å². The predicted octanol–water partition coefficient (Wildman–Crippen LogP) is 2.48. The summed E-state index contributed by atoms with van der Waals surface area (Å²) in [7, 11) is 0. The van der Waals surface area contributed by atoms with Crippen LogP contribution in [0.3, 0.4) is 0 Å². The van der Waals surface area contributed by atoms with E-state index >= 15 is 0 Å². The van der Waals surface area contributed by atoms with Crippen molar-refractivity contribution >= 4 is 21.6 Å². The molecule has 0 fully saturated rings. The lowest BCUT2D eigenvalue weighted by Crippen LogP contribution is -2.37. The van der Waals surface area contributed by atoms with Gasteiger partial charge in [-0.25, -0.2) is 4.98 Å². The molecule has 98 valence electrons. The van der Waals surface area contributed by atoms with Gasteiger partial charge in [0.15, 0.2) is 0 Å². The zero-order valence-electron chi connectivity index (χ0n) is 10.8. The molecule has 1 unspecified atom stereocenters. The number of thiazole rings is 1. The lowest BCUT2D eigenvalue weighted by atomic mass is 10.2.